The van der Waals surface area contributed by atoms with Gasteiger partial charge in [-0.25, -0.2) is 15.0 Å². The van der Waals surface area contributed by atoms with Crippen LogP contribution in [0, 0.1) is 0 Å². The number of thioether (sulfide) groups is 1. The summed E-state index contributed by atoms with van der Waals surface area (Å²) < 4.78 is 1.13. The highest BCUT2D eigenvalue weighted by Gasteiger charge is 2.24. The molecule has 0 spiro atoms. The molecule has 4 aromatic rings. The van der Waals surface area contributed by atoms with E-state index in [1.54, 1.807) is 36.3 Å². The summed E-state index contributed by atoms with van der Waals surface area (Å²) in [5.41, 5.74) is 7.03. The van der Waals surface area contributed by atoms with Crippen LogP contribution in [0.3, 0.4) is 0 Å². The van der Waals surface area contributed by atoms with Crippen LogP contribution in [0.15, 0.2) is 35.6 Å². The summed E-state index contributed by atoms with van der Waals surface area (Å²) in [5.74, 6) is 0.768. The zero-order valence-electron chi connectivity index (χ0n) is 18.4. The number of hydrogen-bond donors (Lipinski definition) is 1. The molecular formula is C25H26N4OS2. The van der Waals surface area contributed by atoms with Crippen LogP contribution >= 0.6 is 23.1 Å². The second-order valence-corrected chi connectivity index (χ2v) is 10.2. The minimum absolute atomic E-state index is 0.0806. The number of fused-ring (bicyclic) bond motifs is 5. The van der Waals surface area contributed by atoms with Crippen molar-refractivity contribution in [2.75, 3.05) is 11.2 Å². The van der Waals surface area contributed by atoms with Crippen LogP contribution in [0.4, 0.5) is 5.69 Å². The first-order valence-corrected chi connectivity index (χ1v) is 13.0. The molecule has 0 radical (unpaired) electrons. The summed E-state index contributed by atoms with van der Waals surface area (Å²) in [7, 11) is 0. The van der Waals surface area contributed by atoms with Gasteiger partial charge in [-0.15, -0.1) is 11.3 Å². The Morgan fingerprint density at radius 1 is 1.16 bits per heavy atom. The number of carbonyl (C=O) groups is 1. The largest absolute Gasteiger partial charge is 0.376 e. The molecule has 0 aliphatic heterocycles. The maximum Gasteiger partial charge on any atom is 0.159 e. The van der Waals surface area contributed by atoms with Crippen molar-refractivity contribution < 1.29 is 4.79 Å². The first kappa shape index (κ1) is 21.3. The van der Waals surface area contributed by atoms with Gasteiger partial charge in [0, 0.05) is 22.3 Å². The van der Waals surface area contributed by atoms with Gasteiger partial charge in [0.1, 0.15) is 16.2 Å². The predicted molar refractivity (Wildman–Crippen MR) is 134 cm³/mol. The lowest BCUT2D eigenvalue weighted by Gasteiger charge is -2.08. The number of anilines is 1. The molecule has 0 fully saturated rings. The van der Waals surface area contributed by atoms with E-state index < -0.39 is 0 Å². The van der Waals surface area contributed by atoms with Gasteiger partial charge in [-0.05, 0) is 74.4 Å². The highest BCUT2D eigenvalue weighted by atomic mass is 32.2. The van der Waals surface area contributed by atoms with Crippen LogP contribution in [0.25, 0.3) is 20.4 Å². The van der Waals surface area contributed by atoms with Crippen LogP contribution in [0.5, 0.6) is 0 Å². The van der Waals surface area contributed by atoms with Crippen LogP contribution in [0.2, 0.25) is 0 Å². The highest BCUT2D eigenvalue weighted by molar-refractivity contribution is 7.99. The number of aryl methyl sites for hydroxylation is 2. The summed E-state index contributed by atoms with van der Waals surface area (Å²) in [6.45, 7) is 3.82. The third kappa shape index (κ3) is 3.99. The molecule has 164 valence electrons. The number of thiophene rings is 1. The second kappa shape index (κ2) is 9.16. The number of Topliss-reactive ketones (excluding diaryl/α,β-unsaturated/α-hetero) is 1. The fraction of sp³-hybridized carbons (Fsp3) is 0.360. The number of nitrogens with one attached hydrogen (secondary N) is 1. The number of unbranched alkanes of at least 4 members (excludes halogenated alkanes) is 1. The monoisotopic (exact) mass is 462 g/mol. The Hall–Kier alpha value is -2.51. The predicted octanol–water partition coefficient (Wildman–Crippen LogP) is 6.44. The number of pyridine rings is 1. The average Bonchev–Trinajstić information content (AvgIpc) is 3.42. The van der Waals surface area contributed by atoms with E-state index in [1.807, 2.05) is 24.3 Å². The fourth-order valence-electron chi connectivity index (χ4n) is 4.42. The normalized spacial score (nSPS) is 13.1. The van der Waals surface area contributed by atoms with Crippen molar-refractivity contribution in [2.45, 2.75) is 57.4 Å². The van der Waals surface area contributed by atoms with E-state index in [2.05, 4.69) is 22.2 Å². The van der Waals surface area contributed by atoms with E-state index in [1.165, 1.54) is 41.5 Å². The van der Waals surface area contributed by atoms with Gasteiger partial charge in [0.15, 0.2) is 5.78 Å². The molecule has 3 heterocycles. The Bertz CT molecular complexity index is 1300. The van der Waals surface area contributed by atoms with Crippen LogP contribution in [-0.2, 0) is 19.3 Å². The van der Waals surface area contributed by atoms with Gasteiger partial charge in [0.2, 0.25) is 0 Å². The fourth-order valence-corrected chi connectivity index (χ4v) is 6.51. The number of hydrogen-bond acceptors (Lipinski definition) is 7. The van der Waals surface area contributed by atoms with E-state index in [9.17, 15) is 4.79 Å². The van der Waals surface area contributed by atoms with Gasteiger partial charge < -0.3 is 5.32 Å². The SMILES string of the molecule is CCCCc1nc2sc3c(SCNc4ccc(C(C)=O)cc4)ncnc3c2c2c1CCC2. The molecule has 0 saturated heterocycles. The summed E-state index contributed by atoms with van der Waals surface area (Å²) >= 11 is 3.41. The first-order chi connectivity index (χ1) is 15.7. The summed E-state index contributed by atoms with van der Waals surface area (Å²) in [6, 6.07) is 7.59. The quantitative estimate of drug-likeness (QED) is 0.141. The number of nitrogens with zero attached hydrogens (tertiary/aromatic N) is 3. The number of benzene rings is 1. The number of rotatable bonds is 8. The Balaban J connectivity index is 1.43. The van der Waals surface area contributed by atoms with Crippen molar-refractivity contribution >= 4 is 55.0 Å². The average molecular weight is 463 g/mol. The van der Waals surface area contributed by atoms with Crippen LogP contribution in [0.1, 0.15) is 60.3 Å². The van der Waals surface area contributed by atoms with Crippen LogP contribution < -0.4 is 5.32 Å². The highest BCUT2D eigenvalue weighted by Crippen LogP contribution is 2.42. The van der Waals surface area contributed by atoms with E-state index in [0.29, 0.717) is 5.88 Å². The molecule has 0 amide bonds. The van der Waals surface area contributed by atoms with Gasteiger partial charge in [0.05, 0.1) is 16.1 Å². The summed E-state index contributed by atoms with van der Waals surface area (Å²) in [5, 5.41) is 5.66. The van der Waals surface area contributed by atoms with Gasteiger partial charge in [0.25, 0.3) is 0 Å². The van der Waals surface area contributed by atoms with Gasteiger partial charge >= 0.3 is 0 Å². The van der Waals surface area contributed by atoms with Crippen LogP contribution in [-0.4, -0.2) is 26.6 Å². The van der Waals surface area contributed by atoms with E-state index in [-0.39, 0.29) is 5.78 Å². The maximum atomic E-state index is 11.5. The van der Waals surface area contributed by atoms with Gasteiger partial charge in [-0.3, -0.25) is 4.79 Å². The first-order valence-electron chi connectivity index (χ1n) is 11.2. The molecular weight excluding hydrogens is 436 g/mol. The van der Waals surface area contributed by atoms with E-state index >= 15 is 0 Å². The molecule has 0 saturated carbocycles. The lowest BCUT2D eigenvalue weighted by atomic mass is 10.0. The van der Waals surface area contributed by atoms with Crippen molar-refractivity contribution in [3.8, 4) is 0 Å². The number of aromatic nitrogens is 3. The van der Waals surface area contributed by atoms with E-state index in [4.69, 9.17) is 4.98 Å². The minimum Gasteiger partial charge on any atom is -0.376 e. The molecule has 1 aromatic carbocycles. The van der Waals surface area contributed by atoms with Crippen molar-refractivity contribution in [1.82, 2.24) is 15.0 Å². The van der Waals surface area contributed by atoms with E-state index in [0.717, 1.165) is 50.6 Å². The molecule has 1 N–H and O–H groups in total. The van der Waals surface area contributed by atoms with Gasteiger partial charge in [-0.1, -0.05) is 25.1 Å². The molecule has 0 unspecified atom stereocenters. The van der Waals surface area contributed by atoms with Crippen molar-refractivity contribution in [3.05, 3.63) is 53.0 Å². The zero-order chi connectivity index (χ0) is 22.1. The standard InChI is InChI=1S/C25H26N4OS2/c1-3-4-8-20-18-6-5-7-19(18)21-22-23(32-24(21)29-20)25(27-13-26-22)31-14-28-17-11-9-16(10-12-17)15(2)30/h9-13,28H,3-8,14H2,1-2H3. The topological polar surface area (TPSA) is 67.8 Å². The molecule has 3 aromatic heterocycles. The molecule has 1 aliphatic carbocycles. The summed E-state index contributed by atoms with van der Waals surface area (Å²) in [4.78, 5) is 27.0. The van der Waals surface area contributed by atoms with Crippen molar-refractivity contribution in [2.24, 2.45) is 0 Å². The molecule has 5 rings (SSSR count). The Morgan fingerprint density at radius 3 is 2.75 bits per heavy atom. The second-order valence-electron chi connectivity index (χ2n) is 8.21. The minimum atomic E-state index is 0.0806. The van der Waals surface area contributed by atoms with Crippen molar-refractivity contribution in [1.29, 1.82) is 0 Å². The smallest absolute Gasteiger partial charge is 0.159 e. The molecule has 7 heteroatoms. The maximum absolute atomic E-state index is 11.5. The third-order valence-electron chi connectivity index (χ3n) is 6.07. The number of ketones is 1. The lowest BCUT2D eigenvalue weighted by Crippen LogP contribution is -1.99. The Morgan fingerprint density at radius 2 is 1.97 bits per heavy atom. The molecule has 5 nitrogen and oxygen atoms in total. The third-order valence-corrected chi connectivity index (χ3v) is 8.15. The molecule has 32 heavy (non-hydrogen) atoms. The van der Waals surface area contributed by atoms with Gasteiger partial charge in [-0.2, -0.15) is 0 Å². The zero-order valence-corrected chi connectivity index (χ0v) is 20.0. The lowest BCUT2D eigenvalue weighted by molar-refractivity contribution is 0.101. The molecule has 0 atom stereocenters. The molecule has 0 bridgehead atoms. The summed E-state index contributed by atoms with van der Waals surface area (Å²) in [6.07, 6.45) is 8.63. The number of carbonyl (C=O) groups excluding carboxylic acids is 1. The van der Waals surface area contributed by atoms with Crippen molar-refractivity contribution in [3.63, 3.8) is 0 Å². The molecule has 1 aliphatic rings. The Labute approximate surface area is 196 Å². The Kier molecular flexibility index (Phi) is 6.11.